The van der Waals surface area contributed by atoms with Gasteiger partial charge in [-0.1, -0.05) is 37.6 Å². The van der Waals surface area contributed by atoms with Crippen molar-refractivity contribution in [3.63, 3.8) is 0 Å². The van der Waals surface area contributed by atoms with Gasteiger partial charge in [0.1, 0.15) is 11.3 Å². The van der Waals surface area contributed by atoms with Gasteiger partial charge in [-0.25, -0.2) is 14.7 Å². The van der Waals surface area contributed by atoms with E-state index in [9.17, 15) is 13.2 Å². The predicted molar refractivity (Wildman–Crippen MR) is 149 cm³/mol. The van der Waals surface area contributed by atoms with Gasteiger partial charge in [-0.3, -0.25) is 9.48 Å². The lowest BCUT2D eigenvalue weighted by Gasteiger charge is -2.15. The zero-order valence-corrected chi connectivity index (χ0v) is 23.8. The fourth-order valence-electron chi connectivity index (χ4n) is 4.18. The third-order valence-electron chi connectivity index (χ3n) is 6.14. The van der Waals surface area contributed by atoms with E-state index in [0.717, 1.165) is 35.2 Å². The Balaban J connectivity index is 1.73. The third-order valence-corrected chi connectivity index (χ3v) is 7.37. The molecule has 0 atom stereocenters. The van der Waals surface area contributed by atoms with E-state index in [1.807, 2.05) is 43.8 Å². The summed E-state index contributed by atoms with van der Waals surface area (Å²) in [6.45, 7) is 12.6. The monoisotopic (exact) mass is 547 g/mol. The van der Waals surface area contributed by atoms with E-state index in [-0.39, 0.29) is 16.5 Å². The summed E-state index contributed by atoms with van der Waals surface area (Å²) in [5.41, 5.74) is 4.59. The number of rotatable bonds is 9. The Kier molecular flexibility index (Phi) is 8.15. The Labute approximate surface area is 229 Å². The minimum atomic E-state index is -4.22. The maximum Gasteiger partial charge on any atom is 0.281 e. The number of aryl methyl sites for hydroxylation is 5. The number of nitrogens with one attached hydrogen (secondary N) is 1. The average molecular weight is 548 g/mol. The highest BCUT2D eigenvalue weighted by molar-refractivity contribution is 7.90. The topological polar surface area (TPSA) is 116 Å². The van der Waals surface area contributed by atoms with Crippen LogP contribution in [0.3, 0.4) is 0 Å². The molecule has 0 aliphatic heterocycles. The van der Waals surface area contributed by atoms with Gasteiger partial charge in [0.2, 0.25) is 5.88 Å². The third kappa shape index (κ3) is 6.69. The number of hydrogen-bond donors (Lipinski definition) is 1. The van der Waals surface area contributed by atoms with Crippen molar-refractivity contribution in [3.05, 3.63) is 82.8 Å². The van der Waals surface area contributed by atoms with Crippen LogP contribution in [-0.2, 0) is 16.6 Å². The highest BCUT2D eigenvalue weighted by atomic mass is 32.2. The summed E-state index contributed by atoms with van der Waals surface area (Å²) in [6.07, 6.45) is 4.59. The average Bonchev–Trinajstić information content (AvgIpc) is 3.34. The molecule has 1 N–H and O–H groups in total. The number of nitrogens with zero attached hydrogens (tertiary/aromatic N) is 4. The summed E-state index contributed by atoms with van der Waals surface area (Å²) < 4.78 is 36.0. The summed E-state index contributed by atoms with van der Waals surface area (Å²) >= 11 is 0. The quantitative estimate of drug-likeness (QED) is 0.293. The minimum Gasteiger partial charge on any atom is -0.438 e. The molecule has 0 aliphatic carbocycles. The zero-order chi connectivity index (χ0) is 28.3. The van der Waals surface area contributed by atoms with Crippen molar-refractivity contribution in [2.75, 3.05) is 0 Å². The van der Waals surface area contributed by atoms with Crippen molar-refractivity contribution >= 4 is 15.9 Å². The van der Waals surface area contributed by atoms with Crippen molar-refractivity contribution in [1.29, 1.82) is 0 Å². The van der Waals surface area contributed by atoms with Crippen LogP contribution in [0.4, 0.5) is 0 Å². The molecule has 1 aromatic carbocycles. The molecule has 0 bridgehead atoms. The molecule has 3 heterocycles. The second kappa shape index (κ2) is 11.4. The lowest BCUT2D eigenvalue weighted by Crippen LogP contribution is -2.31. The van der Waals surface area contributed by atoms with Crippen LogP contribution in [0.2, 0.25) is 0 Å². The van der Waals surface area contributed by atoms with E-state index in [1.54, 1.807) is 31.3 Å². The molecule has 0 spiro atoms. The van der Waals surface area contributed by atoms with Crippen LogP contribution in [0.5, 0.6) is 11.6 Å². The molecule has 0 unspecified atom stereocenters. The summed E-state index contributed by atoms with van der Waals surface area (Å²) in [5, 5.41) is 4.18. The van der Waals surface area contributed by atoms with Crippen molar-refractivity contribution < 1.29 is 17.9 Å². The van der Waals surface area contributed by atoms with Gasteiger partial charge in [-0.05, 0) is 75.4 Å². The summed E-state index contributed by atoms with van der Waals surface area (Å²) in [6, 6.07) is 11.7. The van der Waals surface area contributed by atoms with Crippen LogP contribution in [-0.4, -0.2) is 34.1 Å². The lowest BCUT2D eigenvalue weighted by molar-refractivity contribution is 0.0978. The number of sulfonamides is 1. The van der Waals surface area contributed by atoms with Crippen LogP contribution >= 0.6 is 0 Å². The molecule has 39 heavy (non-hydrogen) atoms. The van der Waals surface area contributed by atoms with E-state index in [0.29, 0.717) is 23.1 Å². The lowest BCUT2D eigenvalue weighted by atomic mass is 10.1. The van der Waals surface area contributed by atoms with Crippen LogP contribution in [0.1, 0.15) is 53.0 Å². The van der Waals surface area contributed by atoms with E-state index in [1.165, 1.54) is 12.1 Å². The van der Waals surface area contributed by atoms with Gasteiger partial charge >= 0.3 is 0 Å². The first kappa shape index (κ1) is 28.0. The number of aromatic nitrogens is 4. The minimum absolute atomic E-state index is 0.0117. The second-order valence-electron chi connectivity index (χ2n) is 10.1. The number of amides is 1. The first-order valence-electron chi connectivity index (χ1n) is 12.7. The first-order chi connectivity index (χ1) is 18.4. The summed E-state index contributed by atoms with van der Waals surface area (Å²) in [7, 11) is -4.22. The van der Waals surface area contributed by atoms with Crippen molar-refractivity contribution in [3.8, 4) is 22.9 Å². The van der Waals surface area contributed by atoms with Crippen molar-refractivity contribution in [1.82, 2.24) is 24.5 Å². The molecule has 0 saturated heterocycles. The molecule has 4 rings (SSSR count). The molecule has 9 nitrogen and oxygen atoms in total. The maximum absolute atomic E-state index is 13.3. The standard InChI is InChI=1S/C29H33N5O4S/c1-18(2)12-13-34-17-23(16-30-34)25-11-10-24(28(35)33-39(36,37)26-9-7-8-22(6)31-26)29(32-25)38-27-20(4)14-19(3)15-21(27)5/h7-11,14-18H,12-13H2,1-6H3,(H,33,35). The molecule has 3 aromatic heterocycles. The molecular formula is C29H33N5O4S. The van der Waals surface area contributed by atoms with Gasteiger partial charge in [-0.2, -0.15) is 13.5 Å². The predicted octanol–water partition coefficient (Wildman–Crippen LogP) is 5.53. The number of benzene rings is 1. The smallest absolute Gasteiger partial charge is 0.281 e. The van der Waals surface area contributed by atoms with Gasteiger partial charge < -0.3 is 4.74 Å². The number of pyridine rings is 2. The van der Waals surface area contributed by atoms with Gasteiger partial charge in [-0.15, -0.1) is 0 Å². The Morgan fingerprint density at radius 2 is 1.74 bits per heavy atom. The molecule has 0 saturated carbocycles. The molecule has 0 radical (unpaired) electrons. The SMILES string of the molecule is Cc1cc(C)c(Oc2nc(-c3cnn(CCC(C)C)c3)ccc2C(=O)NS(=O)(=O)c2cccc(C)n2)c(C)c1. The number of carbonyl (C=O) groups is 1. The second-order valence-corrected chi connectivity index (χ2v) is 11.7. The van der Waals surface area contributed by atoms with Crippen LogP contribution in [0.15, 0.2) is 59.9 Å². The Morgan fingerprint density at radius 3 is 2.41 bits per heavy atom. The van der Waals surface area contributed by atoms with Crippen LogP contribution in [0, 0.1) is 33.6 Å². The highest BCUT2D eigenvalue weighted by Gasteiger charge is 2.25. The number of hydrogen-bond acceptors (Lipinski definition) is 7. The Bertz CT molecular complexity index is 1600. The molecule has 1 amide bonds. The molecule has 0 aliphatic rings. The molecule has 204 valence electrons. The van der Waals surface area contributed by atoms with Crippen LogP contribution < -0.4 is 9.46 Å². The molecule has 0 fully saturated rings. The largest absolute Gasteiger partial charge is 0.438 e. The highest BCUT2D eigenvalue weighted by Crippen LogP contribution is 2.32. The number of carbonyl (C=O) groups excluding carboxylic acids is 1. The molecule has 10 heteroatoms. The normalized spacial score (nSPS) is 11.6. The summed E-state index contributed by atoms with van der Waals surface area (Å²) in [4.78, 5) is 22.0. The summed E-state index contributed by atoms with van der Waals surface area (Å²) in [5.74, 6) is 0.209. The fourth-order valence-corrected chi connectivity index (χ4v) is 5.16. The van der Waals surface area contributed by atoms with E-state index in [2.05, 4.69) is 33.6 Å². The van der Waals surface area contributed by atoms with Crippen molar-refractivity contribution in [2.45, 2.75) is 59.5 Å². The molecule has 4 aromatic rings. The zero-order valence-electron chi connectivity index (χ0n) is 23.0. The van der Waals surface area contributed by atoms with Gasteiger partial charge in [0, 0.05) is 24.0 Å². The van der Waals surface area contributed by atoms with Crippen LogP contribution in [0.25, 0.3) is 11.3 Å². The van der Waals surface area contributed by atoms with E-state index in [4.69, 9.17) is 4.74 Å². The maximum atomic E-state index is 13.3. The Hall–Kier alpha value is -4.05. The molecular weight excluding hydrogens is 514 g/mol. The fraction of sp³-hybridized carbons (Fsp3) is 0.310. The van der Waals surface area contributed by atoms with Gasteiger partial charge in [0.05, 0.1) is 11.9 Å². The first-order valence-corrected chi connectivity index (χ1v) is 14.2. The van der Waals surface area contributed by atoms with Gasteiger partial charge in [0.15, 0.2) is 5.03 Å². The van der Waals surface area contributed by atoms with E-state index >= 15 is 0 Å². The van der Waals surface area contributed by atoms with E-state index < -0.39 is 15.9 Å². The van der Waals surface area contributed by atoms with Gasteiger partial charge in [0.25, 0.3) is 15.9 Å². The number of ether oxygens (including phenoxy) is 1. The Morgan fingerprint density at radius 1 is 1.03 bits per heavy atom. The van der Waals surface area contributed by atoms with Crippen molar-refractivity contribution in [2.24, 2.45) is 5.92 Å².